The van der Waals surface area contributed by atoms with Gasteiger partial charge in [0.05, 0.1) is 11.3 Å². The Bertz CT molecular complexity index is 3030. The summed E-state index contributed by atoms with van der Waals surface area (Å²) in [5, 5.41) is 6.03. The minimum Gasteiger partial charge on any atom is -0.497 e. The van der Waals surface area contributed by atoms with E-state index in [4.69, 9.17) is 9.72 Å². The van der Waals surface area contributed by atoms with Gasteiger partial charge in [0.2, 0.25) is 0 Å². The maximum absolute atomic E-state index is 6.50. The van der Waals surface area contributed by atoms with Crippen molar-refractivity contribution in [1.29, 1.82) is 0 Å². The summed E-state index contributed by atoms with van der Waals surface area (Å²) in [5.41, 5.74) is 13.5. The van der Waals surface area contributed by atoms with Gasteiger partial charge in [-0.3, -0.25) is 9.97 Å². The summed E-state index contributed by atoms with van der Waals surface area (Å²) in [6, 6.07) is 36.9. The first-order valence-corrected chi connectivity index (χ1v) is 17.1. The van der Waals surface area contributed by atoms with Gasteiger partial charge in [0.25, 0.3) is 0 Å². The van der Waals surface area contributed by atoms with Gasteiger partial charge >= 0.3 is 21.1 Å². The van der Waals surface area contributed by atoms with E-state index >= 15 is 0 Å². The van der Waals surface area contributed by atoms with Crippen LogP contribution < -0.4 is 4.74 Å². The maximum atomic E-state index is 6.50. The van der Waals surface area contributed by atoms with Gasteiger partial charge in [0, 0.05) is 53.6 Å². The predicted octanol–water partition coefficient (Wildman–Crippen LogP) is 10.9. The number of hydrogen-bond acceptors (Lipinski definition) is 4. The van der Waals surface area contributed by atoms with Crippen molar-refractivity contribution >= 4 is 54.8 Å². The molecule has 5 aromatic carbocycles. The number of nitrogens with zero attached hydrogens (tertiary/aromatic N) is 5. The van der Waals surface area contributed by atoms with Crippen molar-refractivity contribution < 1.29 is 25.8 Å². The van der Waals surface area contributed by atoms with Crippen molar-refractivity contribution in [1.82, 2.24) is 23.8 Å². The molecule has 6 nitrogen and oxygen atoms in total. The second-order valence-corrected chi connectivity index (χ2v) is 13.4. The van der Waals surface area contributed by atoms with Gasteiger partial charge in [0.1, 0.15) is 5.65 Å². The van der Waals surface area contributed by atoms with Gasteiger partial charge in [-0.15, -0.1) is 12.1 Å². The fourth-order valence-electron chi connectivity index (χ4n) is 8.08. The van der Waals surface area contributed by atoms with Crippen LogP contribution in [0, 0.1) is 39.8 Å². The summed E-state index contributed by atoms with van der Waals surface area (Å²) < 4.78 is 10.7. The Balaban J connectivity index is 0.00000360. The zero-order valence-electron chi connectivity index (χ0n) is 28.9. The van der Waals surface area contributed by atoms with E-state index in [9.17, 15) is 0 Å². The number of aromatic nitrogens is 5. The fraction of sp³-hybridized carbons (Fsp3) is 0.0889. The second kappa shape index (κ2) is 12.1. The molecular weight excluding hydrogens is 822 g/mol. The standard InChI is InChI=1S/C45H31N5O.Pt/c1-26-8-5-9-27(2)39(26)36-18-17-34-32-15-13-30(24-37(32)44-47-20-22-49(44)42(34)41(36)40-28(3)10-6-11-29(40)4)51-31-14-16-33-35-12-7-19-46-43(35)50-23-21-48-45(50)38(33)25-31;/h5-23H,1-4H3;/q-2;+2. The number of hydrogen-bond donors (Lipinski definition) is 0. The quantitative estimate of drug-likeness (QED) is 0.131. The van der Waals surface area contributed by atoms with Crippen LogP contribution in [0.5, 0.6) is 11.5 Å². The maximum Gasteiger partial charge on any atom is 2.00 e. The summed E-state index contributed by atoms with van der Waals surface area (Å²) in [7, 11) is 0. The molecule has 0 atom stereocenters. The van der Waals surface area contributed by atoms with E-state index in [-0.39, 0.29) is 21.1 Å². The summed E-state index contributed by atoms with van der Waals surface area (Å²) in [6.45, 7) is 8.82. The van der Waals surface area contributed by atoms with Crippen molar-refractivity contribution in [2.24, 2.45) is 0 Å². The SMILES string of the molecule is Cc1cccc(C)c1-c1ccc2c3ccc(Oc4[c-]c5c(cc4)c4cccnc4n4ccnc54)[c-]c3c3nccn3c2c1-c1c(C)cccc1C.[Pt+2]. The summed E-state index contributed by atoms with van der Waals surface area (Å²) in [4.78, 5) is 14.2. The molecule has 52 heavy (non-hydrogen) atoms. The van der Waals surface area contributed by atoms with Crippen molar-refractivity contribution in [3.8, 4) is 33.8 Å². The normalized spacial score (nSPS) is 11.7. The molecule has 10 aromatic rings. The van der Waals surface area contributed by atoms with Gasteiger partial charge in [-0.25, -0.2) is 4.98 Å². The average Bonchev–Trinajstić information content (AvgIpc) is 3.84. The summed E-state index contributed by atoms with van der Waals surface area (Å²) >= 11 is 0. The Labute approximate surface area is 314 Å². The molecule has 0 aliphatic rings. The van der Waals surface area contributed by atoms with E-state index in [1.807, 2.05) is 35.0 Å². The van der Waals surface area contributed by atoms with E-state index in [0.29, 0.717) is 11.5 Å². The van der Waals surface area contributed by atoms with Gasteiger partial charge in [-0.2, -0.15) is 0 Å². The first-order chi connectivity index (χ1) is 25.0. The monoisotopic (exact) mass is 852 g/mol. The van der Waals surface area contributed by atoms with E-state index in [2.05, 4.69) is 127 Å². The molecule has 0 aliphatic carbocycles. The van der Waals surface area contributed by atoms with Gasteiger partial charge in [-0.05, 0) is 83.5 Å². The number of aryl methyl sites for hydroxylation is 4. The van der Waals surface area contributed by atoms with E-state index in [1.165, 1.54) is 44.5 Å². The fourth-order valence-corrected chi connectivity index (χ4v) is 8.08. The zero-order chi connectivity index (χ0) is 34.4. The number of pyridine rings is 3. The molecule has 0 radical (unpaired) electrons. The molecule has 0 bridgehead atoms. The molecule has 0 aliphatic heterocycles. The first kappa shape index (κ1) is 32.1. The number of fused-ring (bicyclic) bond motifs is 12. The van der Waals surface area contributed by atoms with Crippen LogP contribution in [-0.2, 0) is 21.1 Å². The Morgan fingerprint density at radius 3 is 1.67 bits per heavy atom. The summed E-state index contributed by atoms with van der Waals surface area (Å²) in [6.07, 6.45) is 9.47. The smallest absolute Gasteiger partial charge is 0.497 e. The van der Waals surface area contributed by atoms with Crippen molar-refractivity contribution in [2.75, 3.05) is 0 Å². The number of benzene rings is 5. The largest absolute Gasteiger partial charge is 2.00 e. The Morgan fingerprint density at radius 1 is 0.481 bits per heavy atom. The Kier molecular flexibility index (Phi) is 7.49. The molecule has 0 spiro atoms. The molecule has 5 aromatic heterocycles. The molecule has 0 saturated heterocycles. The second-order valence-electron chi connectivity index (χ2n) is 13.4. The molecule has 7 heteroatoms. The molecule has 5 heterocycles. The van der Waals surface area contributed by atoms with Crippen LogP contribution in [0.2, 0.25) is 0 Å². The number of rotatable bonds is 4. The summed E-state index contributed by atoms with van der Waals surface area (Å²) in [5.74, 6) is 1.17. The van der Waals surface area contributed by atoms with Crippen molar-refractivity contribution in [3.63, 3.8) is 0 Å². The van der Waals surface area contributed by atoms with Crippen LogP contribution in [0.4, 0.5) is 0 Å². The molecule has 0 fully saturated rings. The third-order valence-electron chi connectivity index (χ3n) is 10.3. The third-order valence-corrected chi connectivity index (χ3v) is 10.3. The minimum atomic E-state index is 0. The van der Waals surface area contributed by atoms with E-state index < -0.39 is 0 Å². The zero-order valence-corrected chi connectivity index (χ0v) is 31.2. The van der Waals surface area contributed by atoms with Gasteiger partial charge < -0.3 is 13.5 Å². The van der Waals surface area contributed by atoms with Crippen LogP contribution in [0.25, 0.3) is 77.0 Å². The van der Waals surface area contributed by atoms with Gasteiger partial charge in [0.15, 0.2) is 0 Å². The average molecular weight is 853 g/mol. The van der Waals surface area contributed by atoms with Crippen LogP contribution in [0.3, 0.4) is 0 Å². The van der Waals surface area contributed by atoms with Gasteiger partial charge in [-0.1, -0.05) is 100 Å². The third kappa shape index (κ3) is 4.71. The predicted molar refractivity (Wildman–Crippen MR) is 206 cm³/mol. The van der Waals surface area contributed by atoms with E-state index in [0.717, 1.165) is 54.8 Å². The van der Waals surface area contributed by atoms with E-state index in [1.54, 1.807) is 12.4 Å². The molecule has 10 rings (SSSR count). The molecule has 0 saturated carbocycles. The molecular formula is C45H31N5OPt. The van der Waals surface area contributed by atoms with Crippen LogP contribution in [-0.4, -0.2) is 23.8 Å². The Morgan fingerprint density at radius 2 is 1.02 bits per heavy atom. The first-order valence-electron chi connectivity index (χ1n) is 17.1. The van der Waals surface area contributed by atoms with Crippen LogP contribution >= 0.6 is 0 Å². The van der Waals surface area contributed by atoms with Crippen LogP contribution in [0.15, 0.2) is 116 Å². The van der Waals surface area contributed by atoms with Crippen molar-refractivity contribution in [3.05, 3.63) is 150 Å². The Hall–Kier alpha value is -5.84. The van der Waals surface area contributed by atoms with Crippen LogP contribution in [0.1, 0.15) is 22.3 Å². The molecule has 252 valence electrons. The number of imidazole rings is 2. The minimum absolute atomic E-state index is 0. The molecule has 0 amide bonds. The molecule has 0 unspecified atom stereocenters. The molecule has 0 N–H and O–H groups in total. The topological polar surface area (TPSA) is 56.7 Å². The number of ether oxygens (including phenoxy) is 1. The van der Waals surface area contributed by atoms with Crippen molar-refractivity contribution in [2.45, 2.75) is 27.7 Å².